The number of piperidine rings is 1. The molecule has 1 atom stereocenters. The molecule has 1 aliphatic heterocycles. The first-order valence-electron chi connectivity index (χ1n) is 9.64. The quantitative estimate of drug-likeness (QED) is 0.894. The number of carbonyl (C=O) groups excluding carboxylic acids is 2. The minimum Gasteiger partial charge on any atom is -0.316 e. The van der Waals surface area contributed by atoms with Gasteiger partial charge in [-0.15, -0.1) is 0 Å². The number of rotatable bonds is 5. The summed E-state index contributed by atoms with van der Waals surface area (Å²) in [6, 6.07) is 8.17. The number of carbonyl (C=O) groups is 2. The molecule has 2 heterocycles. The number of hydrogen-bond donors (Lipinski definition) is 1. The van der Waals surface area contributed by atoms with Gasteiger partial charge in [0.1, 0.15) is 0 Å². The summed E-state index contributed by atoms with van der Waals surface area (Å²) in [4.78, 5) is 27.3. The van der Waals surface area contributed by atoms with Gasteiger partial charge in [-0.2, -0.15) is 5.10 Å². The Morgan fingerprint density at radius 2 is 2.08 bits per heavy atom. The summed E-state index contributed by atoms with van der Waals surface area (Å²) in [5.41, 5.74) is 2.01. The van der Waals surface area contributed by atoms with Gasteiger partial charge in [-0.1, -0.05) is 18.2 Å². The van der Waals surface area contributed by atoms with E-state index in [0.29, 0.717) is 19.5 Å². The van der Waals surface area contributed by atoms with Crippen LogP contribution in [0.15, 0.2) is 24.3 Å². The Hall–Kier alpha value is -2.21. The first-order valence-corrected chi connectivity index (χ1v) is 9.64. The van der Waals surface area contributed by atoms with Gasteiger partial charge in [-0.05, 0) is 45.2 Å². The second kappa shape index (κ2) is 7.19. The van der Waals surface area contributed by atoms with Crippen LogP contribution >= 0.6 is 0 Å². The van der Waals surface area contributed by atoms with E-state index in [1.165, 1.54) is 0 Å². The second-order valence-electron chi connectivity index (χ2n) is 7.45. The molecule has 1 aliphatic carbocycles. The van der Waals surface area contributed by atoms with E-state index in [9.17, 15) is 9.59 Å². The van der Waals surface area contributed by atoms with Crippen LogP contribution in [0, 0.1) is 12.8 Å². The van der Waals surface area contributed by atoms with Gasteiger partial charge in [-0.3, -0.25) is 19.2 Å². The zero-order valence-corrected chi connectivity index (χ0v) is 15.3. The van der Waals surface area contributed by atoms with Crippen molar-refractivity contribution < 1.29 is 9.59 Å². The maximum Gasteiger partial charge on any atom is 0.233 e. The van der Waals surface area contributed by atoms with Crippen LogP contribution in [-0.4, -0.2) is 45.6 Å². The molecule has 2 fully saturated rings. The van der Waals surface area contributed by atoms with Gasteiger partial charge < -0.3 is 5.32 Å². The number of hydrogen-bond acceptors (Lipinski definition) is 4. The molecule has 26 heavy (non-hydrogen) atoms. The molecule has 2 aliphatic rings. The van der Waals surface area contributed by atoms with E-state index in [0.717, 1.165) is 48.8 Å². The number of aryl methyl sites for hydroxylation is 2. The van der Waals surface area contributed by atoms with Gasteiger partial charge in [0, 0.05) is 24.4 Å². The predicted molar refractivity (Wildman–Crippen MR) is 99.6 cm³/mol. The van der Waals surface area contributed by atoms with Crippen molar-refractivity contribution in [2.45, 2.75) is 51.6 Å². The van der Waals surface area contributed by atoms with Crippen LogP contribution in [0.25, 0.3) is 10.9 Å². The zero-order valence-electron chi connectivity index (χ0n) is 15.3. The number of para-hydroxylation sites is 1. The van der Waals surface area contributed by atoms with Gasteiger partial charge >= 0.3 is 0 Å². The molecule has 6 nitrogen and oxygen atoms in total. The highest BCUT2D eigenvalue weighted by Crippen LogP contribution is 2.30. The topological polar surface area (TPSA) is 67.2 Å². The molecule has 0 bridgehead atoms. The fourth-order valence-electron chi connectivity index (χ4n) is 3.88. The normalized spacial score (nSPS) is 20.3. The minimum absolute atomic E-state index is 0.0196. The Morgan fingerprint density at radius 1 is 1.27 bits per heavy atom. The van der Waals surface area contributed by atoms with Crippen LogP contribution in [0.1, 0.15) is 37.8 Å². The summed E-state index contributed by atoms with van der Waals surface area (Å²) < 4.78 is 1.89. The van der Waals surface area contributed by atoms with E-state index >= 15 is 0 Å². The van der Waals surface area contributed by atoms with Gasteiger partial charge in [-0.25, -0.2) is 0 Å². The third kappa shape index (κ3) is 3.38. The molecule has 2 amide bonds. The Labute approximate surface area is 153 Å². The van der Waals surface area contributed by atoms with E-state index in [1.807, 2.05) is 35.9 Å². The lowest BCUT2D eigenvalue weighted by Crippen LogP contribution is -2.47. The van der Waals surface area contributed by atoms with Crippen LogP contribution in [0.4, 0.5) is 0 Å². The summed E-state index contributed by atoms with van der Waals surface area (Å²) in [6.07, 6.45) is 4.09. The molecule has 1 saturated heterocycles. The Balaban J connectivity index is 1.46. The molecule has 1 saturated carbocycles. The van der Waals surface area contributed by atoms with Crippen molar-refractivity contribution >= 4 is 22.7 Å². The largest absolute Gasteiger partial charge is 0.316 e. The molecular weight excluding hydrogens is 328 g/mol. The molecule has 6 heteroatoms. The number of nitrogens with one attached hydrogen (secondary N) is 1. The summed E-state index contributed by atoms with van der Waals surface area (Å²) in [7, 11) is 0. The summed E-state index contributed by atoms with van der Waals surface area (Å²) >= 11 is 0. The highest BCUT2D eigenvalue weighted by atomic mass is 16.2. The molecule has 4 rings (SSSR count). The lowest BCUT2D eigenvalue weighted by molar-refractivity contribution is -0.148. The van der Waals surface area contributed by atoms with Gasteiger partial charge in [0.05, 0.1) is 23.7 Å². The standard InChI is InChI=1S/C20H26N4O2/c1-14-17-6-2-3-7-18(17)23(22-14)12-10-19(25)24(16-8-9-16)20(26)15-5-4-11-21-13-15/h2-3,6-7,15-16,21H,4-5,8-13H2,1H3. The van der Waals surface area contributed by atoms with E-state index in [4.69, 9.17) is 0 Å². The van der Waals surface area contributed by atoms with E-state index in [-0.39, 0.29) is 23.8 Å². The fraction of sp³-hybridized carbons (Fsp3) is 0.550. The highest BCUT2D eigenvalue weighted by Gasteiger charge is 2.39. The first kappa shape index (κ1) is 17.2. The first-order chi connectivity index (χ1) is 12.6. The van der Waals surface area contributed by atoms with Crippen molar-refractivity contribution in [2.75, 3.05) is 13.1 Å². The third-order valence-electron chi connectivity index (χ3n) is 5.44. The maximum absolute atomic E-state index is 12.9. The molecule has 2 aromatic rings. The SMILES string of the molecule is Cc1nn(CCC(=O)N(C(=O)C2CCCNC2)C2CC2)c2ccccc12. The van der Waals surface area contributed by atoms with Crippen LogP contribution < -0.4 is 5.32 Å². The Kier molecular flexibility index (Phi) is 4.76. The minimum atomic E-state index is -0.0553. The number of benzene rings is 1. The maximum atomic E-state index is 12.9. The molecule has 1 aromatic carbocycles. The average molecular weight is 354 g/mol. The van der Waals surface area contributed by atoms with Crippen molar-refractivity contribution in [1.29, 1.82) is 0 Å². The lowest BCUT2D eigenvalue weighted by Gasteiger charge is -2.28. The Morgan fingerprint density at radius 3 is 2.81 bits per heavy atom. The van der Waals surface area contributed by atoms with Gasteiger partial charge in [0.2, 0.25) is 11.8 Å². The molecule has 0 spiro atoms. The van der Waals surface area contributed by atoms with Crippen LogP contribution in [-0.2, 0) is 16.1 Å². The molecule has 1 N–H and O–H groups in total. The molecular formula is C20H26N4O2. The van der Waals surface area contributed by atoms with Crippen molar-refractivity contribution in [1.82, 2.24) is 20.0 Å². The number of fused-ring (bicyclic) bond motifs is 1. The third-order valence-corrected chi connectivity index (χ3v) is 5.44. The lowest BCUT2D eigenvalue weighted by atomic mass is 9.98. The van der Waals surface area contributed by atoms with Crippen molar-refractivity contribution in [3.63, 3.8) is 0 Å². The molecule has 1 aromatic heterocycles. The van der Waals surface area contributed by atoms with E-state index in [2.05, 4.69) is 10.4 Å². The monoisotopic (exact) mass is 354 g/mol. The van der Waals surface area contributed by atoms with Gasteiger partial charge in [0.15, 0.2) is 0 Å². The Bertz CT molecular complexity index is 818. The van der Waals surface area contributed by atoms with Gasteiger partial charge in [0.25, 0.3) is 0 Å². The number of aromatic nitrogens is 2. The van der Waals surface area contributed by atoms with Crippen molar-refractivity contribution in [3.05, 3.63) is 30.0 Å². The van der Waals surface area contributed by atoms with Crippen LogP contribution in [0.5, 0.6) is 0 Å². The predicted octanol–water partition coefficient (Wildman–Crippen LogP) is 2.25. The average Bonchev–Trinajstić information content (AvgIpc) is 3.45. The van der Waals surface area contributed by atoms with E-state index in [1.54, 1.807) is 4.90 Å². The highest BCUT2D eigenvalue weighted by molar-refractivity contribution is 5.97. The summed E-state index contributed by atoms with van der Waals surface area (Å²) in [6.45, 7) is 4.15. The smallest absolute Gasteiger partial charge is 0.233 e. The van der Waals surface area contributed by atoms with Crippen molar-refractivity contribution in [3.8, 4) is 0 Å². The zero-order chi connectivity index (χ0) is 18.1. The van der Waals surface area contributed by atoms with Crippen LogP contribution in [0.2, 0.25) is 0 Å². The van der Waals surface area contributed by atoms with Crippen molar-refractivity contribution in [2.24, 2.45) is 5.92 Å². The number of amides is 2. The number of imide groups is 1. The van der Waals surface area contributed by atoms with E-state index < -0.39 is 0 Å². The molecule has 1 unspecified atom stereocenters. The molecule has 138 valence electrons. The second-order valence-corrected chi connectivity index (χ2v) is 7.45. The summed E-state index contributed by atoms with van der Waals surface area (Å²) in [5, 5.41) is 8.96. The fourth-order valence-corrected chi connectivity index (χ4v) is 3.88. The number of nitrogens with zero attached hydrogens (tertiary/aromatic N) is 3. The molecule has 0 radical (unpaired) electrons. The van der Waals surface area contributed by atoms with Crippen LogP contribution in [0.3, 0.4) is 0 Å². The summed E-state index contributed by atoms with van der Waals surface area (Å²) in [5.74, 6) is -0.0902.